The first-order valence-electron chi connectivity index (χ1n) is 10.3. The van der Waals surface area contributed by atoms with E-state index in [2.05, 4.69) is 9.44 Å². The van der Waals surface area contributed by atoms with Crippen LogP contribution in [0.4, 0.5) is 22.0 Å². The Morgan fingerprint density at radius 3 is 1.86 bits per heavy atom. The minimum Gasteiger partial charge on any atom is -0.496 e. The molecule has 0 heterocycles. The van der Waals surface area contributed by atoms with Crippen LogP contribution in [-0.4, -0.2) is 27.0 Å². The van der Waals surface area contributed by atoms with Gasteiger partial charge in [0.2, 0.25) is 11.6 Å². The maximum Gasteiger partial charge on any atom is 0.364 e. The lowest BCUT2D eigenvalue weighted by atomic mass is 9.95. The Bertz CT molecular complexity index is 1650. The Balaban J connectivity index is 1.86. The van der Waals surface area contributed by atoms with Crippen molar-refractivity contribution in [3.8, 4) is 5.75 Å². The molecule has 0 aromatic heterocycles. The van der Waals surface area contributed by atoms with E-state index in [1.54, 1.807) is 30.3 Å². The highest BCUT2D eigenvalue weighted by Gasteiger charge is 2.35. The van der Waals surface area contributed by atoms with Crippen molar-refractivity contribution in [1.29, 1.82) is 0 Å². The molecule has 0 bridgehead atoms. The molecule has 4 rings (SSSR count). The Morgan fingerprint density at radius 1 is 0.730 bits per heavy atom. The number of rotatable bonds is 7. The van der Waals surface area contributed by atoms with Gasteiger partial charge in [0.1, 0.15) is 5.75 Å². The summed E-state index contributed by atoms with van der Waals surface area (Å²) in [7, 11) is -4.28. The predicted octanol–water partition coefficient (Wildman–Crippen LogP) is 5.54. The molecule has 12 heteroatoms. The van der Waals surface area contributed by atoms with Crippen LogP contribution in [0.1, 0.15) is 15.9 Å². The molecule has 0 aliphatic rings. The SMILES string of the molecule is COc1ccc(C(=O)/C(=N/OS(=O)(=O)c2c(F)c(F)c(F)c(F)c2F)c2ccccc2)c2ccccc12. The molecule has 0 fully saturated rings. The van der Waals surface area contributed by atoms with Gasteiger partial charge in [-0.1, -0.05) is 59.8 Å². The number of hydrogen-bond acceptors (Lipinski definition) is 6. The van der Waals surface area contributed by atoms with Crippen LogP contribution in [0, 0.1) is 29.1 Å². The molecule has 0 aliphatic carbocycles. The average Bonchev–Trinajstić information content (AvgIpc) is 2.90. The van der Waals surface area contributed by atoms with Gasteiger partial charge in [-0.2, -0.15) is 8.42 Å². The fraction of sp³-hybridized carbons (Fsp3) is 0.0400. The third-order valence-corrected chi connectivity index (χ3v) is 6.39. The monoisotopic (exact) mass is 535 g/mol. The first-order chi connectivity index (χ1) is 17.6. The second-order valence-electron chi connectivity index (χ2n) is 7.42. The van der Waals surface area contributed by atoms with Crippen LogP contribution in [-0.2, 0) is 14.4 Å². The summed E-state index contributed by atoms with van der Waals surface area (Å²) in [5, 5.41) is 4.25. The number of halogens is 5. The number of nitrogens with zero attached hydrogens (tertiary/aromatic N) is 1. The van der Waals surface area contributed by atoms with Crippen molar-refractivity contribution < 1.29 is 44.2 Å². The largest absolute Gasteiger partial charge is 0.496 e. The lowest BCUT2D eigenvalue weighted by Crippen LogP contribution is -2.19. The normalized spacial score (nSPS) is 12.0. The third kappa shape index (κ3) is 4.62. The van der Waals surface area contributed by atoms with Gasteiger partial charge in [0, 0.05) is 16.5 Å². The van der Waals surface area contributed by atoms with Gasteiger partial charge in [-0.25, -0.2) is 22.0 Å². The van der Waals surface area contributed by atoms with E-state index >= 15 is 0 Å². The fourth-order valence-corrected chi connectivity index (χ4v) is 4.39. The molecular formula is C25H14F5NO5S. The quantitative estimate of drug-likeness (QED) is 0.0776. The van der Waals surface area contributed by atoms with E-state index in [4.69, 9.17) is 4.74 Å². The number of carbonyl (C=O) groups is 1. The standard InChI is InChI=1S/C25H14F5NO5S/c1-35-17-12-11-16(14-9-5-6-10-15(14)17)24(32)23(13-7-3-2-4-8-13)31-36-37(33,34)25-21(29)19(27)18(26)20(28)22(25)30/h2-12H,1H3/b31-23+. The number of ether oxygens (including phenoxy) is 1. The van der Waals surface area contributed by atoms with Gasteiger partial charge in [-0.3, -0.25) is 9.08 Å². The molecule has 0 unspecified atom stereocenters. The zero-order valence-corrected chi connectivity index (χ0v) is 19.5. The van der Waals surface area contributed by atoms with Crippen LogP contribution in [0.3, 0.4) is 0 Å². The number of ketones is 1. The summed E-state index contributed by atoms with van der Waals surface area (Å²) in [4.78, 5) is 11.3. The minimum absolute atomic E-state index is 0.0382. The van der Waals surface area contributed by atoms with Gasteiger partial charge in [0.05, 0.1) is 7.11 Å². The maximum absolute atomic E-state index is 14.1. The molecule has 0 atom stereocenters. The van der Waals surface area contributed by atoms with Crippen LogP contribution in [0.5, 0.6) is 5.75 Å². The number of Topliss-reactive ketones (excluding diaryl/α,β-unsaturated/α-hetero) is 1. The summed E-state index contributed by atoms with van der Waals surface area (Å²) in [6, 6.07) is 16.8. The number of benzene rings is 4. The van der Waals surface area contributed by atoms with Crippen molar-refractivity contribution >= 4 is 32.4 Å². The summed E-state index contributed by atoms with van der Waals surface area (Å²) >= 11 is 0. The van der Waals surface area contributed by atoms with Crippen molar-refractivity contribution in [1.82, 2.24) is 0 Å². The molecular weight excluding hydrogens is 521 g/mol. The van der Waals surface area contributed by atoms with Crippen LogP contribution < -0.4 is 4.74 Å². The summed E-state index contributed by atoms with van der Waals surface area (Å²) in [6.45, 7) is 0. The Morgan fingerprint density at radius 2 is 1.27 bits per heavy atom. The highest BCUT2D eigenvalue weighted by atomic mass is 32.2. The topological polar surface area (TPSA) is 82.0 Å². The van der Waals surface area contributed by atoms with Crippen molar-refractivity contribution in [2.24, 2.45) is 5.16 Å². The second kappa shape index (κ2) is 9.97. The highest BCUT2D eigenvalue weighted by Crippen LogP contribution is 2.30. The smallest absolute Gasteiger partial charge is 0.364 e. The van der Waals surface area contributed by atoms with E-state index in [-0.39, 0.29) is 11.1 Å². The van der Waals surface area contributed by atoms with Crippen molar-refractivity contribution in [2.75, 3.05) is 7.11 Å². The van der Waals surface area contributed by atoms with Gasteiger partial charge in [0.25, 0.3) is 0 Å². The van der Waals surface area contributed by atoms with Crippen LogP contribution in [0.25, 0.3) is 10.8 Å². The van der Waals surface area contributed by atoms with Crippen LogP contribution in [0.15, 0.2) is 76.8 Å². The van der Waals surface area contributed by atoms with Crippen LogP contribution >= 0.6 is 0 Å². The molecule has 37 heavy (non-hydrogen) atoms. The Kier molecular flexibility index (Phi) is 6.94. The molecule has 190 valence electrons. The first-order valence-corrected chi connectivity index (χ1v) is 11.7. The number of hydrogen-bond donors (Lipinski definition) is 0. The fourth-order valence-electron chi connectivity index (χ4n) is 3.52. The minimum atomic E-state index is -5.71. The van der Waals surface area contributed by atoms with Crippen LogP contribution in [0.2, 0.25) is 0 Å². The third-order valence-electron chi connectivity index (χ3n) is 5.26. The zero-order valence-electron chi connectivity index (χ0n) is 18.6. The van der Waals surface area contributed by atoms with E-state index in [1.165, 1.54) is 43.5 Å². The van der Waals surface area contributed by atoms with Gasteiger partial charge < -0.3 is 4.74 Å². The van der Waals surface area contributed by atoms with Crippen molar-refractivity contribution in [2.45, 2.75) is 4.90 Å². The van der Waals surface area contributed by atoms with E-state index in [9.17, 15) is 35.2 Å². The summed E-state index contributed by atoms with van der Waals surface area (Å²) < 4.78 is 103. The lowest BCUT2D eigenvalue weighted by Gasteiger charge is -2.12. The molecule has 4 aromatic carbocycles. The van der Waals surface area contributed by atoms with Gasteiger partial charge in [-0.15, -0.1) is 0 Å². The van der Waals surface area contributed by atoms with Gasteiger partial charge >= 0.3 is 10.1 Å². The van der Waals surface area contributed by atoms with E-state index in [1.807, 2.05) is 0 Å². The zero-order chi connectivity index (χ0) is 26.9. The number of carbonyl (C=O) groups excluding carboxylic acids is 1. The van der Waals surface area contributed by atoms with Gasteiger partial charge in [0.15, 0.2) is 33.9 Å². The summed E-state index contributed by atoms with van der Waals surface area (Å²) in [5.74, 6) is -13.2. The molecule has 0 N–H and O–H groups in total. The van der Waals surface area contributed by atoms with E-state index in [0.29, 0.717) is 16.5 Å². The highest BCUT2D eigenvalue weighted by molar-refractivity contribution is 7.86. The number of methoxy groups -OCH3 is 1. The maximum atomic E-state index is 14.1. The molecule has 4 aromatic rings. The lowest BCUT2D eigenvalue weighted by molar-refractivity contribution is 0.106. The molecule has 0 amide bonds. The number of fused-ring (bicyclic) bond motifs is 1. The second-order valence-corrected chi connectivity index (χ2v) is 8.89. The summed E-state index contributed by atoms with van der Waals surface area (Å²) in [6.07, 6.45) is 0. The first kappa shape index (κ1) is 25.8. The molecule has 0 aliphatic heterocycles. The van der Waals surface area contributed by atoms with E-state index in [0.717, 1.165) is 0 Å². The van der Waals surface area contributed by atoms with Gasteiger partial charge in [-0.05, 0) is 17.5 Å². The van der Waals surface area contributed by atoms with E-state index < -0.39 is 55.6 Å². The molecule has 0 radical (unpaired) electrons. The summed E-state index contributed by atoms with van der Waals surface area (Å²) in [5.41, 5.74) is -0.542. The molecule has 6 nitrogen and oxygen atoms in total. The average molecular weight is 535 g/mol. The Labute approximate surface area is 206 Å². The molecule has 0 saturated heterocycles. The van der Waals surface area contributed by atoms with Crippen molar-refractivity contribution in [3.05, 3.63) is 107 Å². The van der Waals surface area contributed by atoms with Crippen molar-refractivity contribution in [3.63, 3.8) is 0 Å². The predicted molar refractivity (Wildman–Crippen MR) is 122 cm³/mol. The molecule has 0 saturated carbocycles. The number of oxime groups is 1. The molecule has 0 spiro atoms. The Hall–Kier alpha value is -4.32.